The Morgan fingerprint density at radius 2 is 1.44 bits per heavy atom. The third-order valence-electron chi connectivity index (χ3n) is 5.35. The summed E-state index contributed by atoms with van der Waals surface area (Å²) in [6.07, 6.45) is 15.8. The van der Waals surface area contributed by atoms with Crippen molar-refractivity contribution in [3.63, 3.8) is 0 Å². The number of nitrogens with zero attached hydrogens (tertiary/aromatic N) is 2. The van der Waals surface area contributed by atoms with Crippen LogP contribution < -0.4 is 4.74 Å². The van der Waals surface area contributed by atoms with Crippen LogP contribution in [0.5, 0.6) is 5.75 Å². The summed E-state index contributed by atoms with van der Waals surface area (Å²) in [6.45, 7) is 0. The van der Waals surface area contributed by atoms with E-state index >= 15 is 0 Å². The summed E-state index contributed by atoms with van der Waals surface area (Å²) in [5.41, 5.74) is 0.626. The maximum Gasteiger partial charge on any atom is 0.427 e. The first-order valence-corrected chi connectivity index (χ1v) is 10.5. The van der Waals surface area contributed by atoms with Crippen molar-refractivity contribution in [1.82, 2.24) is 0 Å². The standard InChI is InChI=1S/C22H33N2O3/c1-26-21-16-15-18(17-20(21)24-23)22(25)27-19-13-11-9-7-5-3-2-4-6-8-10-12-14-19/h15-17,19H,2-14H2,1H3/q+1. The molecule has 1 aliphatic rings. The van der Waals surface area contributed by atoms with E-state index in [0.29, 0.717) is 11.3 Å². The highest BCUT2D eigenvalue weighted by atomic mass is 16.5. The molecule has 5 heteroatoms. The summed E-state index contributed by atoms with van der Waals surface area (Å²) in [5, 5.41) is 9.09. The molecule has 1 aliphatic carbocycles. The van der Waals surface area contributed by atoms with Crippen molar-refractivity contribution < 1.29 is 14.3 Å². The lowest BCUT2D eigenvalue weighted by Crippen LogP contribution is -2.18. The molecule has 0 amide bonds. The molecule has 0 saturated heterocycles. The van der Waals surface area contributed by atoms with Crippen LogP contribution in [0.15, 0.2) is 18.2 Å². The Hall–Kier alpha value is -2.09. The number of diazo groups is 1. The van der Waals surface area contributed by atoms with Crippen LogP contribution in [0.25, 0.3) is 4.98 Å². The molecule has 0 atom stereocenters. The zero-order valence-corrected chi connectivity index (χ0v) is 16.6. The van der Waals surface area contributed by atoms with Gasteiger partial charge in [0.15, 0.2) is 4.98 Å². The zero-order valence-electron chi connectivity index (χ0n) is 16.6. The van der Waals surface area contributed by atoms with Gasteiger partial charge in [-0.25, -0.2) is 4.79 Å². The van der Waals surface area contributed by atoms with Crippen molar-refractivity contribution in [3.8, 4) is 5.75 Å². The highest BCUT2D eigenvalue weighted by Gasteiger charge is 2.21. The van der Waals surface area contributed by atoms with E-state index in [9.17, 15) is 4.79 Å². The average Bonchev–Trinajstić information content (AvgIpc) is 2.70. The maximum absolute atomic E-state index is 12.6. The third kappa shape index (κ3) is 7.58. The second-order valence-corrected chi connectivity index (χ2v) is 7.48. The minimum absolute atomic E-state index is 0.0305. The second kappa shape index (κ2) is 12.3. The van der Waals surface area contributed by atoms with Crippen molar-refractivity contribution in [3.05, 3.63) is 28.7 Å². The first-order chi connectivity index (χ1) is 13.2. The molecule has 0 unspecified atom stereocenters. The monoisotopic (exact) mass is 373 g/mol. The van der Waals surface area contributed by atoms with Crippen LogP contribution >= 0.6 is 0 Å². The highest BCUT2D eigenvalue weighted by molar-refractivity contribution is 5.91. The molecule has 1 saturated carbocycles. The van der Waals surface area contributed by atoms with Gasteiger partial charge in [0.05, 0.1) is 18.7 Å². The molecule has 2 rings (SSSR count). The lowest BCUT2D eigenvalue weighted by Gasteiger charge is -2.18. The van der Waals surface area contributed by atoms with Crippen LogP contribution in [0.4, 0.5) is 5.69 Å². The largest absolute Gasteiger partial charge is 0.489 e. The first kappa shape index (κ1) is 21.2. The molecule has 0 radical (unpaired) electrons. The number of carbonyl (C=O) groups is 1. The molecule has 5 nitrogen and oxygen atoms in total. The van der Waals surface area contributed by atoms with Crippen molar-refractivity contribution in [2.24, 2.45) is 0 Å². The van der Waals surface area contributed by atoms with Crippen LogP contribution in [0.3, 0.4) is 0 Å². The van der Waals surface area contributed by atoms with Gasteiger partial charge in [-0.05, 0) is 37.8 Å². The van der Waals surface area contributed by atoms with E-state index in [2.05, 4.69) is 4.98 Å². The fraction of sp³-hybridized carbons (Fsp3) is 0.682. The Bertz CT molecular complexity index is 610. The molecule has 1 aromatic carbocycles. The Kier molecular flexibility index (Phi) is 9.68. The van der Waals surface area contributed by atoms with E-state index in [1.54, 1.807) is 12.1 Å². The fourth-order valence-electron chi connectivity index (χ4n) is 3.71. The van der Waals surface area contributed by atoms with E-state index in [1.165, 1.54) is 71.0 Å². The number of hydrogen-bond acceptors (Lipinski definition) is 4. The number of carbonyl (C=O) groups excluding carboxylic acids is 1. The Labute approximate surface area is 163 Å². The van der Waals surface area contributed by atoms with Crippen molar-refractivity contribution in [2.45, 2.75) is 89.6 Å². The first-order valence-electron chi connectivity index (χ1n) is 10.5. The number of hydrogen-bond donors (Lipinski definition) is 0. The van der Waals surface area contributed by atoms with E-state index in [1.807, 2.05) is 0 Å². The Balaban J connectivity index is 1.94. The van der Waals surface area contributed by atoms with Gasteiger partial charge in [0.1, 0.15) is 6.10 Å². The fourth-order valence-corrected chi connectivity index (χ4v) is 3.71. The highest BCUT2D eigenvalue weighted by Crippen LogP contribution is 2.29. The number of ether oxygens (including phenoxy) is 2. The molecule has 148 valence electrons. The van der Waals surface area contributed by atoms with Crippen LogP contribution in [0.1, 0.15) is 93.8 Å². The summed E-state index contributed by atoms with van der Waals surface area (Å²) < 4.78 is 10.9. The van der Waals surface area contributed by atoms with Gasteiger partial charge in [0.25, 0.3) is 0 Å². The number of methoxy groups -OCH3 is 1. The van der Waals surface area contributed by atoms with E-state index in [0.717, 1.165) is 25.7 Å². The number of rotatable bonds is 3. The molecular weight excluding hydrogens is 340 g/mol. The SMILES string of the molecule is COc1ccc(C(=O)OC2CCCCCCCCCCCCC2)cc1[N+]#N. The predicted molar refractivity (Wildman–Crippen MR) is 107 cm³/mol. The van der Waals surface area contributed by atoms with Crippen molar-refractivity contribution in [2.75, 3.05) is 7.11 Å². The predicted octanol–water partition coefficient (Wildman–Crippen LogP) is 6.79. The number of benzene rings is 1. The maximum atomic E-state index is 12.6. The lowest BCUT2D eigenvalue weighted by atomic mass is 9.99. The van der Waals surface area contributed by atoms with E-state index in [4.69, 9.17) is 14.9 Å². The molecule has 0 N–H and O–H groups in total. The average molecular weight is 374 g/mol. The molecule has 0 aliphatic heterocycles. The summed E-state index contributed by atoms with van der Waals surface area (Å²) in [4.78, 5) is 15.8. The van der Waals surface area contributed by atoms with Crippen molar-refractivity contribution >= 4 is 11.7 Å². The summed E-state index contributed by atoms with van der Waals surface area (Å²) >= 11 is 0. The second-order valence-electron chi connectivity index (χ2n) is 7.48. The topological polar surface area (TPSA) is 63.7 Å². The zero-order chi connectivity index (χ0) is 19.3. The van der Waals surface area contributed by atoms with Gasteiger partial charge in [-0.1, -0.05) is 57.8 Å². The molecule has 0 bridgehead atoms. The third-order valence-corrected chi connectivity index (χ3v) is 5.35. The smallest absolute Gasteiger partial charge is 0.427 e. The Morgan fingerprint density at radius 3 is 1.93 bits per heavy atom. The van der Waals surface area contributed by atoms with E-state index in [-0.39, 0.29) is 17.8 Å². The van der Waals surface area contributed by atoms with Gasteiger partial charge in [-0.3, -0.25) is 0 Å². The van der Waals surface area contributed by atoms with Gasteiger partial charge in [0.2, 0.25) is 11.1 Å². The summed E-state index contributed by atoms with van der Waals surface area (Å²) in [5.74, 6) is 0.0701. The lowest BCUT2D eigenvalue weighted by molar-refractivity contribution is 0.0248. The number of esters is 1. The van der Waals surface area contributed by atoms with Crippen molar-refractivity contribution in [1.29, 1.82) is 5.39 Å². The molecule has 0 heterocycles. The van der Waals surface area contributed by atoms with Crippen LogP contribution in [-0.4, -0.2) is 19.2 Å². The molecule has 1 fully saturated rings. The molecule has 1 aromatic rings. The summed E-state index contributed by atoms with van der Waals surface area (Å²) in [7, 11) is 1.50. The minimum Gasteiger partial charge on any atom is -0.489 e. The van der Waals surface area contributed by atoms with E-state index < -0.39 is 0 Å². The van der Waals surface area contributed by atoms with Gasteiger partial charge in [-0.2, -0.15) is 0 Å². The van der Waals surface area contributed by atoms with Crippen LogP contribution in [0.2, 0.25) is 0 Å². The van der Waals surface area contributed by atoms with Crippen LogP contribution in [0, 0.1) is 5.39 Å². The molecule has 27 heavy (non-hydrogen) atoms. The van der Waals surface area contributed by atoms with Gasteiger partial charge >= 0.3 is 11.7 Å². The molecular formula is C22H33N2O3+. The van der Waals surface area contributed by atoms with Gasteiger partial charge in [0, 0.05) is 0 Å². The summed E-state index contributed by atoms with van der Waals surface area (Å²) in [6, 6.07) is 4.78. The molecule has 0 spiro atoms. The van der Waals surface area contributed by atoms with Crippen LogP contribution in [-0.2, 0) is 4.74 Å². The normalized spacial score (nSPS) is 18.1. The molecule has 0 aromatic heterocycles. The van der Waals surface area contributed by atoms with Gasteiger partial charge < -0.3 is 9.47 Å². The minimum atomic E-state index is -0.353. The quantitative estimate of drug-likeness (QED) is 0.432. The Morgan fingerprint density at radius 1 is 0.926 bits per heavy atom. The van der Waals surface area contributed by atoms with Gasteiger partial charge in [-0.15, -0.1) is 0 Å².